The first-order chi connectivity index (χ1) is 30.0. The number of hydrogen-bond acceptors (Lipinski definition) is 3. The second-order valence-corrected chi connectivity index (χ2v) is 22.1. The van der Waals surface area contributed by atoms with Crippen LogP contribution in [-0.2, 0) is 21.7 Å². The molecule has 7 aromatic carbocycles. The number of anilines is 6. The first-order valence-electron chi connectivity index (χ1n) is 23.2. The minimum Gasteiger partial charge on any atom is -0.456 e. The fourth-order valence-electron chi connectivity index (χ4n) is 12.8. The second-order valence-electron chi connectivity index (χ2n) is 22.1. The zero-order chi connectivity index (χ0) is 43.5. The van der Waals surface area contributed by atoms with Gasteiger partial charge in [-0.2, -0.15) is 0 Å². The van der Waals surface area contributed by atoms with Crippen LogP contribution in [0.5, 0.6) is 0 Å². The van der Waals surface area contributed by atoms with Gasteiger partial charge in [0.25, 0.3) is 6.71 Å². The maximum absolute atomic E-state index is 6.59. The zero-order valence-corrected chi connectivity index (χ0v) is 38.6. The van der Waals surface area contributed by atoms with Crippen LogP contribution in [-0.4, -0.2) is 6.71 Å². The van der Waals surface area contributed by atoms with Crippen LogP contribution in [0.1, 0.15) is 108 Å². The molecule has 4 heteroatoms. The van der Waals surface area contributed by atoms with Crippen molar-refractivity contribution in [2.45, 2.75) is 110 Å². The Hall–Kier alpha value is -6.00. The Morgan fingerprint density at radius 3 is 1.78 bits per heavy atom. The van der Waals surface area contributed by atoms with E-state index in [4.69, 9.17) is 4.42 Å². The first kappa shape index (κ1) is 38.7. The number of hydrogen-bond donors (Lipinski definition) is 0. The van der Waals surface area contributed by atoms with E-state index in [-0.39, 0.29) is 28.4 Å². The molecule has 1 aromatic heterocycles. The maximum Gasteiger partial charge on any atom is 0.252 e. The smallest absolute Gasteiger partial charge is 0.252 e. The summed E-state index contributed by atoms with van der Waals surface area (Å²) in [6, 6.07) is 48.7. The highest BCUT2D eigenvalue weighted by Crippen LogP contribution is 2.55. The molecule has 0 amide bonds. The molecule has 3 heterocycles. The Bertz CT molecular complexity index is 3260. The molecule has 0 spiro atoms. The van der Waals surface area contributed by atoms with Crippen LogP contribution in [0, 0.1) is 13.8 Å². The van der Waals surface area contributed by atoms with Crippen LogP contribution in [0.15, 0.2) is 132 Å². The number of rotatable bonds is 3. The van der Waals surface area contributed by atoms with Crippen molar-refractivity contribution >= 4 is 79.2 Å². The van der Waals surface area contributed by atoms with Crippen molar-refractivity contribution in [3.8, 4) is 11.1 Å². The largest absolute Gasteiger partial charge is 0.456 e. The lowest BCUT2D eigenvalue weighted by molar-refractivity contribution is 0.332. The van der Waals surface area contributed by atoms with Crippen molar-refractivity contribution in [1.82, 2.24) is 0 Å². The fraction of sp³-hybridized carbons (Fsp3) is 0.288. The van der Waals surface area contributed by atoms with Gasteiger partial charge >= 0.3 is 0 Å². The molecule has 0 fully saturated rings. The van der Waals surface area contributed by atoms with E-state index in [1.807, 2.05) is 0 Å². The summed E-state index contributed by atoms with van der Waals surface area (Å²) in [7, 11) is 0. The Kier molecular flexibility index (Phi) is 7.86. The van der Waals surface area contributed by atoms with Crippen LogP contribution < -0.4 is 26.2 Å². The van der Waals surface area contributed by atoms with E-state index in [2.05, 4.69) is 206 Å². The normalized spacial score (nSPS) is 18.2. The van der Waals surface area contributed by atoms with E-state index >= 15 is 0 Å². The summed E-state index contributed by atoms with van der Waals surface area (Å²) < 4.78 is 6.59. The van der Waals surface area contributed by atoms with Crippen molar-refractivity contribution in [3.63, 3.8) is 0 Å². The maximum atomic E-state index is 6.59. The molecule has 0 unspecified atom stereocenters. The molecule has 2 aliphatic heterocycles. The zero-order valence-electron chi connectivity index (χ0n) is 38.6. The van der Waals surface area contributed by atoms with Gasteiger partial charge in [0.05, 0.1) is 11.1 Å². The molecule has 3 nitrogen and oxygen atoms in total. The van der Waals surface area contributed by atoms with Crippen LogP contribution in [0.25, 0.3) is 33.1 Å². The van der Waals surface area contributed by atoms with Crippen LogP contribution >= 0.6 is 0 Å². The summed E-state index contributed by atoms with van der Waals surface area (Å²) in [6.07, 6.45) is 3.49. The van der Waals surface area contributed by atoms with Gasteiger partial charge in [-0.1, -0.05) is 134 Å². The van der Waals surface area contributed by atoms with Gasteiger partial charge < -0.3 is 14.2 Å². The van der Waals surface area contributed by atoms with Crippen molar-refractivity contribution in [2.75, 3.05) is 9.80 Å². The third-order valence-electron chi connectivity index (χ3n) is 15.8. The van der Waals surface area contributed by atoms with E-state index in [1.54, 1.807) is 0 Å². The summed E-state index contributed by atoms with van der Waals surface area (Å²) in [5.41, 5.74) is 24.7. The molecular formula is C59H57BN2O. The van der Waals surface area contributed by atoms with E-state index in [1.165, 1.54) is 102 Å². The predicted molar refractivity (Wildman–Crippen MR) is 269 cm³/mol. The Balaban J connectivity index is 1.22. The monoisotopic (exact) mass is 820 g/mol. The highest BCUT2D eigenvalue weighted by molar-refractivity contribution is 7.00. The van der Waals surface area contributed by atoms with Gasteiger partial charge in [0, 0.05) is 33.8 Å². The van der Waals surface area contributed by atoms with Gasteiger partial charge in [0.15, 0.2) is 0 Å². The standard InChI is InChI=1S/C59H57BN2O/c1-35-27-50-55-51(28-35)62(48-32-42-40(29-36(48)2)56(3,4)25-26-57(42,5)6)49-33-43-41(58(7,8)34-59(43,9)10)31-45(49)60(55)44-30-38(37-17-12-11-13-18-37)23-24-46(44)61(50)47-20-16-22-53-54(47)39-19-14-15-21-52(39)63-53/h11-24,27-33H,25-26,34H2,1-10H3. The topological polar surface area (TPSA) is 19.6 Å². The first-order valence-corrected chi connectivity index (χ1v) is 23.2. The number of para-hydroxylation sites is 1. The van der Waals surface area contributed by atoms with E-state index < -0.39 is 0 Å². The minimum absolute atomic E-state index is 0.00943. The van der Waals surface area contributed by atoms with E-state index in [0.29, 0.717) is 0 Å². The van der Waals surface area contributed by atoms with E-state index in [9.17, 15) is 0 Å². The van der Waals surface area contributed by atoms with Gasteiger partial charge in [-0.05, 0) is 164 Å². The van der Waals surface area contributed by atoms with Crippen LogP contribution in [0.3, 0.4) is 0 Å². The average molecular weight is 821 g/mol. The second kappa shape index (κ2) is 12.8. The van der Waals surface area contributed by atoms with Crippen LogP contribution in [0.4, 0.5) is 34.1 Å². The lowest BCUT2D eigenvalue weighted by Gasteiger charge is -2.46. The van der Waals surface area contributed by atoms with Gasteiger partial charge in [-0.15, -0.1) is 0 Å². The van der Waals surface area contributed by atoms with Crippen molar-refractivity contribution in [1.29, 1.82) is 0 Å². The average Bonchev–Trinajstić information content (AvgIpc) is 3.72. The lowest BCUT2D eigenvalue weighted by atomic mass is 9.33. The number of furan rings is 1. The fourth-order valence-corrected chi connectivity index (χ4v) is 12.8. The summed E-state index contributed by atoms with van der Waals surface area (Å²) in [6.45, 7) is 24.3. The summed E-state index contributed by atoms with van der Waals surface area (Å²) in [4.78, 5) is 5.27. The van der Waals surface area contributed by atoms with Gasteiger partial charge in [-0.3, -0.25) is 0 Å². The molecule has 63 heavy (non-hydrogen) atoms. The third kappa shape index (κ3) is 5.46. The van der Waals surface area contributed by atoms with Crippen molar-refractivity contribution in [2.24, 2.45) is 0 Å². The highest BCUT2D eigenvalue weighted by atomic mass is 16.3. The predicted octanol–water partition coefficient (Wildman–Crippen LogP) is 14.3. The van der Waals surface area contributed by atoms with Crippen molar-refractivity contribution < 1.29 is 4.42 Å². The number of aryl methyl sites for hydroxylation is 2. The highest BCUT2D eigenvalue weighted by Gasteiger charge is 2.49. The van der Waals surface area contributed by atoms with Crippen LogP contribution in [0.2, 0.25) is 0 Å². The molecule has 0 atom stereocenters. The lowest BCUT2D eigenvalue weighted by Crippen LogP contribution is -2.61. The number of nitrogens with zero attached hydrogens (tertiary/aromatic N) is 2. The third-order valence-corrected chi connectivity index (χ3v) is 15.8. The van der Waals surface area contributed by atoms with Gasteiger partial charge in [0.1, 0.15) is 11.2 Å². The molecule has 0 radical (unpaired) electrons. The quantitative estimate of drug-likeness (QED) is 0.166. The molecule has 312 valence electrons. The minimum atomic E-state index is 0.00943. The van der Waals surface area contributed by atoms with Crippen molar-refractivity contribution in [3.05, 3.63) is 161 Å². The molecular weight excluding hydrogens is 763 g/mol. The Morgan fingerprint density at radius 1 is 0.460 bits per heavy atom. The molecule has 12 rings (SSSR count). The Morgan fingerprint density at radius 2 is 1.05 bits per heavy atom. The molecule has 8 aromatic rings. The Labute approximate surface area is 373 Å². The molecule has 0 saturated carbocycles. The summed E-state index contributed by atoms with van der Waals surface area (Å²) in [5.74, 6) is 0. The molecule has 0 bridgehead atoms. The molecule has 2 aliphatic carbocycles. The summed E-state index contributed by atoms with van der Waals surface area (Å²) in [5, 5.41) is 2.28. The molecule has 0 saturated heterocycles. The molecule has 0 N–H and O–H groups in total. The number of benzene rings is 7. The number of fused-ring (bicyclic) bond motifs is 9. The molecule has 4 aliphatic rings. The SMILES string of the molecule is Cc1cc2c3c(c1)N(c1cccc4oc5ccccc5c14)c1ccc(-c4ccccc4)cc1B3c1cc3c(cc1N2c1cc2c(cc1C)C(C)(C)CCC2(C)C)C(C)(C)CC3(C)C. The summed E-state index contributed by atoms with van der Waals surface area (Å²) >= 11 is 0. The van der Waals surface area contributed by atoms with Gasteiger partial charge in [0.2, 0.25) is 0 Å². The van der Waals surface area contributed by atoms with Gasteiger partial charge in [-0.25, -0.2) is 0 Å². The van der Waals surface area contributed by atoms with E-state index in [0.717, 1.165) is 34.0 Å².